The number of hydrogen-bond acceptors (Lipinski definition) is 4. The summed E-state index contributed by atoms with van der Waals surface area (Å²) < 4.78 is 11.1. The second-order valence-electron chi connectivity index (χ2n) is 6.74. The fraction of sp³-hybridized carbons (Fsp3) is 0.409. The fourth-order valence-corrected chi connectivity index (χ4v) is 3.20. The summed E-state index contributed by atoms with van der Waals surface area (Å²) in [5, 5.41) is 2.90. The predicted octanol–water partition coefficient (Wildman–Crippen LogP) is 3.38. The number of para-hydroxylation sites is 2. The smallest absolute Gasteiger partial charge is 0.258 e. The molecule has 27 heavy (non-hydrogen) atoms. The second kappa shape index (κ2) is 9.97. The molecule has 0 bridgehead atoms. The normalized spacial score (nSPS) is 14.1. The van der Waals surface area contributed by atoms with Crippen molar-refractivity contribution in [3.05, 3.63) is 59.7 Å². The molecule has 1 aliphatic heterocycles. The molecule has 1 N–H and O–H groups in total. The number of amides is 1. The van der Waals surface area contributed by atoms with Crippen molar-refractivity contribution in [1.29, 1.82) is 0 Å². The number of ether oxygens (including phenoxy) is 2. The van der Waals surface area contributed by atoms with Gasteiger partial charge in [0.1, 0.15) is 0 Å². The third-order valence-corrected chi connectivity index (χ3v) is 4.63. The zero-order valence-electron chi connectivity index (χ0n) is 15.9. The molecular weight excluding hydrogens is 340 g/mol. The van der Waals surface area contributed by atoms with Crippen LogP contribution in [0.3, 0.4) is 0 Å². The van der Waals surface area contributed by atoms with Crippen molar-refractivity contribution < 1.29 is 14.3 Å². The van der Waals surface area contributed by atoms with E-state index in [9.17, 15) is 4.79 Å². The molecular formula is C22H28N2O3. The van der Waals surface area contributed by atoms with E-state index in [0.717, 1.165) is 12.1 Å². The Morgan fingerprint density at radius 2 is 1.59 bits per heavy atom. The standard InChI is InChI=1S/C22H28N2O3/c1-2-26-20-7-3-4-8-21(20)27-17-22(25)23-15-18-9-11-19(12-10-18)16-24-13-5-6-14-24/h3-4,7-12H,2,5-6,13-17H2,1H3,(H,23,25). The van der Waals surface area contributed by atoms with Crippen LogP contribution in [-0.2, 0) is 17.9 Å². The molecule has 1 saturated heterocycles. The number of rotatable bonds is 9. The number of carbonyl (C=O) groups is 1. The van der Waals surface area contributed by atoms with E-state index >= 15 is 0 Å². The Morgan fingerprint density at radius 1 is 0.963 bits per heavy atom. The molecule has 0 aliphatic carbocycles. The average molecular weight is 368 g/mol. The van der Waals surface area contributed by atoms with Crippen molar-refractivity contribution in [2.75, 3.05) is 26.3 Å². The van der Waals surface area contributed by atoms with E-state index < -0.39 is 0 Å². The van der Waals surface area contributed by atoms with Gasteiger partial charge in [0, 0.05) is 13.1 Å². The van der Waals surface area contributed by atoms with E-state index in [1.165, 1.54) is 31.5 Å². The summed E-state index contributed by atoms with van der Waals surface area (Å²) >= 11 is 0. The third kappa shape index (κ3) is 6.00. The van der Waals surface area contributed by atoms with Crippen LogP contribution < -0.4 is 14.8 Å². The van der Waals surface area contributed by atoms with Crippen molar-refractivity contribution in [1.82, 2.24) is 10.2 Å². The summed E-state index contributed by atoms with van der Waals surface area (Å²) in [6.07, 6.45) is 2.61. The van der Waals surface area contributed by atoms with E-state index in [0.29, 0.717) is 24.7 Å². The van der Waals surface area contributed by atoms with Gasteiger partial charge in [0.25, 0.3) is 5.91 Å². The van der Waals surface area contributed by atoms with Gasteiger partial charge in [-0.25, -0.2) is 0 Å². The zero-order valence-corrected chi connectivity index (χ0v) is 15.9. The zero-order chi connectivity index (χ0) is 18.9. The predicted molar refractivity (Wildman–Crippen MR) is 106 cm³/mol. The van der Waals surface area contributed by atoms with Gasteiger partial charge >= 0.3 is 0 Å². The molecule has 3 rings (SSSR count). The summed E-state index contributed by atoms with van der Waals surface area (Å²) in [7, 11) is 0. The molecule has 1 fully saturated rings. The van der Waals surface area contributed by atoms with Gasteiger partial charge < -0.3 is 14.8 Å². The molecule has 0 atom stereocenters. The number of nitrogens with one attached hydrogen (secondary N) is 1. The first-order valence-corrected chi connectivity index (χ1v) is 9.66. The summed E-state index contributed by atoms with van der Waals surface area (Å²) in [6.45, 7) is 6.35. The lowest BCUT2D eigenvalue weighted by Crippen LogP contribution is -2.28. The van der Waals surface area contributed by atoms with Crippen LogP contribution in [0.5, 0.6) is 11.5 Å². The Hall–Kier alpha value is -2.53. The highest BCUT2D eigenvalue weighted by Crippen LogP contribution is 2.26. The van der Waals surface area contributed by atoms with Gasteiger partial charge in [0.15, 0.2) is 18.1 Å². The van der Waals surface area contributed by atoms with Gasteiger partial charge in [-0.3, -0.25) is 9.69 Å². The number of nitrogens with zero attached hydrogens (tertiary/aromatic N) is 1. The van der Waals surface area contributed by atoms with Gasteiger partial charge in [-0.15, -0.1) is 0 Å². The lowest BCUT2D eigenvalue weighted by atomic mass is 10.1. The van der Waals surface area contributed by atoms with Crippen LogP contribution in [0.1, 0.15) is 30.9 Å². The first-order valence-electron chi connectivity index (χ1n) is 9.66. The van der Waals surface area contributed by atoms with Crippen LogP contribution in [0.2, 0.25) is 0 Å². The van der Waals surface area contributed by atoms with Gasteiger partial charge in [-0.2, -0.15) is 0 Å². The number of hydrogen-bond donors (Lipinski definition) is 1. The number of carbonyl (C=O) groups excluding carboxylic acids is 1. The molecule has 1 amide bonds. The van der Waals surface area contributed by atoms with Gasteiger partial charge in [0.2, 0.25) is 0 Å². The molecule has 0 radical (unpaired) electrons. The third-order valence-electron chi connectivity index (χ3n) is 4.63. The maximum Gasteiger partial charge on any atom is 0.258 e. The van der Waals surface area contributed by atoms with Crippen LogP contribution in [0, 0.1) is 0 Å². The minimum Gasteiger partial charge on any atom is -0.490 e. The van der Waals surface area contributed by atoms with Crippen LogP contribution in [0.25, 0.3) is 0 Å². The number of likely N-dealkylation sites (tertiary alicyclic amines) is 1. The van der Waals surface area contributed by atoms with Crippen LogP contribution in [-0.4, -0.2) is 37.1 Å². The summed E-state index contributed by atoms with van der Waals surface area (Å²) in [5.74, 6) is 1.09. The van der Waals surface area contributed by atoms with Crippen molar-refractivity contribution in [2.24, 2.45) is 0 Å². The van der Waals surface area contributed by atoms with Crippen LogP contribution in [0.4, 0.5) is 0 Å². The monoisotopic (exact) mass is 368 g/mol. The highest BCUT2D eigenvalue weighted by atomic mass is 16.5. The largest absolute Gasteiger partial charge is 0.490 e. The molecule has 5 nitrogen and oxygen atoms in total. The molecule has 2 aromatic carbocycles. The van der Waals surface area contributed by atoms with Crippen molar-refractivity contribution in [3.63, 3.8) is 0 Å². The summed E-state index contributed by atoms with van der Waals surface area (Å²) in [5.41, 5.74) is 2.41. The number of benzene rings is 2. The minimum absolute atomic E-state index is 0.0306. The molecule has 0 spiro atoms. The van der Waals surface area contributed by atoms with E-state index in [2.05, 4.69) is 34.5 Å². The lowest BCUT2D eigenvalue weighted by molar-refractivity contribution is -0.123. The highest BCUT2D eigenvalue weighted by molar-refractivity contribution is 5.77. The average Bonchev–Trinajstić information content (AvgIpc) is 3.20. The SMILES string of the molecule is CCOc1ccccc1OCC(=O)NCc1ccc(CN2CCCC2)cc1. The first kappa shape index (κ1) is 19.2. The highest BCUT2D eigenvalue weighted by Gasteiger charge is 2.11. The topological polar surface area (TPSA) is 50.8 Å². The van der Waals surface area contributed by atoms with Crippen molar-refractivity contribution >= 4 is 5.91 Å². The molecule has 0 aromatic heterocycles. The Labute approximate surface area is 161 Å². The molecule has 144 valence electrons. The van der Waals surface area contributed by atoms with Crippen molar-refractivity contribution in [2.45, 2.75) is 32.9 Å². The Bertz CT molecular complexity index is 725. The first-order chi connectivity index (χ1) is 13.2. The van der Waals surface area contributed by atoms with Gasteiger partial charge in [0.05, 0.1) is 6.61 Å². The van der Waals surface area contributed by atoms with E-state index in [1.54, 1.807) is 6.07 Å². The molecule has 2 aromatic rings. The Kier molecular flexibility index (Phi) is 7.11. The minimum atomic E-state index is -0.151. The van der Waals surface area contributed by atoms with E-state index in [4.69, 9.17) is 9.47 Å². The molecule has 0 saturated carbocycles. The van der Waals surface area contributed by atoms with Gasteiger partial charge in [-0.1, -0.05) is 36.4 Å². The summed E-state index contributed by atoms with van der Waals surface area (Å²) in [6, 6.07) is 15.8. The summed E-state index contributed by atoms with van der Waals surface area (Å²) in [4.78, 5) is 14.6. The van der Waals surface area contributed by atoms with E-state index in [1.807, 2.05) is 25.1 Å². The van der Waals surface area contributed by atoms with E-state index in [-0.39, 0.29) is 12.5 Å². The molecule has 0 unspecified atom stereocenters. The maximum absolute atomic E-state index is 12.1. The molecule has 1 heterocycles. The Balaban J connectivity index is 1.42. The second-order valence-corrected chi connectivity index (χ2v) is 6.74. The quantitative estimate of drug-likeness (QED) is 0.737. The van der Waals surface area contributed by atoms with Crippen molar-refractivity contribution in [3.8, 4) is 11.5 Å². The van der Waals surface area contributed by atoms with Crippen LogP contribution >= 0.6 is 0 Å². The molecule has 5 heteroatoms. The van der Waals surface area contributed by atoms with Gasteiger partial charge in [-0.05, 0) is 56.1 Å². The maximum atomic E-state index is 12.1. The lowest BCUT2D eigenvalue weighted by Gasteiger charge is -2.15. The molecule has 1 aliphatic rings. The fourth-order valence-electron chi connectivity index (χ4n) is 3.20. The van der Waals surface area contributed by atoms with Crippen LogP contribution in [0.15, 0.2) is 48.5 Å². The Morgan fingerprint density at radius 3 is 2.26 bits per heavy atom.